The molecule has 0 aromatic heterocycles. The molecule has 23 nitrogen and oxygen atoms in total. The number of aliphatic hydroxyl groups is 3. The predicted molar refractivity (Wildman–Crippen MR) is 213 cm³/mol. The first-order valence-electron chi connectivity index (χ1n) is 21.5. The fraction of sp³-hybridized carbons (Fsp3) is 0.795. The Morgan fingerprint density at radius 1 is 0.871 bits per heavy atom. The number of carbonyl (C=O) groups excluding carboxylic acids is 7. The summed E-state index contributed by atoms with van der Waals surface area (Å²) in [4.78, 5) is 111. The van der Waals surface area contributed by atoms with Crippen molar-refractivity contribution in [3.8, 4) is 0 Å². The van der Waals surface area contributed by atoms with Crippen molar-refractivity contribution < 1.29 is 68.3 Å². The van der Waals surface area contributed by atoms with Gasteiger partial charge in [0.2, 0.25) is 17.6 Å². The molecule has 62 heavy (non-hydrogen) atoms. The highest BCUT2D eigenvalue weighted by Gasteiger charge is 2.58. The SMILES string of the molecule is CCC1OC(O)(C(C)(O)C(=O)NC2C(=O)N3NCCCC3C(=O)NCC(=O)N3NCCCC3C(=O)N3NCCCC3C(=O)NC(C(C)O)C(=O)OC2C(C)C)CCC1CC(=O)O. The van der Waals surface area contributed by atoms with Crippen LogP contribution in [0, 0.1) is 11.8 Å². The molecule has 11 unspecified atom stereocenters. The smallest absolute Gasteiger partial charge is 0.331 e. The topological polar surface area (TPSA) is 318 Å². The zero-order valence-electron chi connectivity index (χ0n) is 35.9. The molecule has 5 heterocycles. The molecule has 5 aliphatic rings. The molecule has 0 spiro atoms. The summed E-state index contributed by atoms with van der Waals surface area (Å²) in [6.07, 6.45) is -2.71. The molecule has 0 aromatic carbocycles. The Morgan fingerprint density at radius 2 is 1.44 bits per heavy atom. The van der Waals surface area contributed by atoms with Crippen molar-refractivity contribution in [3.05, 3.63) is 0 Å². The molecule has 348 valence electrons. The van der Waals surface area contributed by atoms with E-state index in [0.29, 0.717) is 32.4 Å². The number of carboxylic acid groups (broad SMARTS) is 1. The molecule has 11 atom stereocenters. The highest BCUT2D eigenvalue weighted by Crippen LogP contribution is 2.40. The minimum Gasteiger partial charge on any atom is -0.481 e. The van der Waals surface area contributed by atoms with E-state index in [-0.39, 0.29) is 51.5 Å². The van der Waals surface area contributed by atoms with Gasteiger partial charge in [-0.2, -0.15) is 0 Å². The number of aliphatic carboxylic acids is 1. The maximum absolute atomic E-state index is 14.9. The molecule has 6 amide bonds. The minimum absolute atomic E-state index is 0.0556. The van der Waals surface area contributed by atoms with Gasteiger partial charge in [0, 0.05) is 26.1 Å². The number of hydrogen-bond donors (Lipinski definition) is 10. The van der Waals surface area contributed by atoms with Crippen LogP contribution in [0.15, 0.2) is 0 Å². The molecule has 0 radical (unpaired) electrons. The number of ether oxygens (including phenoxy) is 2. The van der Waals surface area contributed by atoms with Crippen LogP contribution in [-0.4, -0.2) is 169 Å². The van der Waals surface area contributed by atoms with Crippen molar-refractivity contribution in [1.29, 1.82) is 0 Å². The fourth-order valence-corrected chi connectivity index (χ4v) is 8.71. The lowest BCUT2D eigenvalue weighted by Gasteiger charge is -2.47. The van der Waals surface area contributed by atoms with Crippen LogP contribution in [0.1, 0.15) is 98.8 Å². The predicted octanol–water partition coefficient (Wildman–Crippen LogP) is -3.36. The van der Waals surface area contributed by atoms with Gasteiger partial charge in [-0.15, -0.1) is 0 Å². The van der Waals surface area contributed by atoms with E-state index in [1.54, 1.807) is 20.8 Å². The fourth-order valence-electron chi connectivity index (χ4n) is 8.71. The van der Waals surface area contributed by atoms with Gasteiger partial charge in [-0.1, -0.05) is 20.8 Å². The van der Waals surface area contributed by atoms with E-state index < -0.39 is 126 Å². The third-order valence-corrected chi connectivity index (χ3v) is 12.4. The van der Waals surface area contributed by atoms with Crippen molar-refractivity contribution >= 4 is 47.4 Å². The summed E-state index contributed by atoms with van der Waals surface area (Å²) in [5, 5.41) is 54.5. The summed E-state index contributed by atoms with van der Waals surface area (Å²) in [5.74, 6) is -11.6. The molecule has 23 heteroatoms. The third-order valence-electron chi connectivity index (χ3n) is 12.4. The largest absolute Gasteiger partial charge is 0.481 e. The molecule has 0 saturated carbocycles. The third kappa shape index (κ3) is 10.5. The number of carbonyl (C=O) groups is 8. The van der Waals surface area contributed by atoms with Gasteiger partial charge in [-0.25, -0.2) is 21.1 Å². The Bertz CT molecular complexity index is 1720. The van der Waals surface area contributed by atoms with Crippen molar-refractivity contribution in [1.82, 2.24) is 47.3 Å². The normalized spacial score (nSPS) is 33.9. The van der Waals surface area contributed by atoms with Crippen molar-refractivity contribution in [2.24, 2.45) is 11.8 Å². The number of nitrogens with one attached hydrogen (secondary N) is 6. The molecule has 10 N–H and O–H groups in total. The van der Waals surface area contributed by atoms with Gasteiger partial charge in [0.1, 0.15) is 30.3 Å². The van der Waals surface area contributed by atoms with Gasteiger partial charge in [-0.05, 0) is 77.0 Å². The number of cyclic esters (lactones) is 1. The van der Waals surface area contributed by atoms with Crippen LogP contribution in [-0.2, 0) is 47.8 Å². The number of esters is 1. The van der Waals surface area contributed by atoms with E-state index in [1.807, 2.05) is 0 Å². The number of fused-ring (bicyclic) bond motifs is 3. The van der Waals surface area contributed by atoms with Crippen LogP contribution in [0.4, 0.5) is 0 Å². The Balaban J connectivity index is 1.54. The first-order valence-corrected chi connectivity index (χ1v) is 21.5. The summed E-state index contributed by atoms with van der Waals surface area (Å²) >= 11 is 0. The first kappa shape index (κ1) is 48.5. The van der Waals surface area contributed by atoms with E-state index in [2.05, 4.69) is 32.2 Å². The molecule has 0 aliphatic carbocycles. The maximum atomic E-state index is 14.9. The molecule has 0 aromatic rings. The minimum atomic E-state index is -2.81. The molecule has 5 fully saturated rings. The number of rotatable bonds is 8. The first-order chi connectivity index (χ1) is 29.2. The molecule has 5 aliphatic heterocycles. The number of carboxylic acids is 1. The van der Waals surface area contributed by atoms with Crippen molar-refractivity contribution in [2.75, 3.05) is 26.2 Å². The maximum Gasteiger partial charge on any atom is 0.331 e. The molecule has 5 saturated heterocycles. The number of nitrogens with zero attached hydrogens (tertiary/aromatic N) is 3. The van der Waals surface area contributed by atoms with Gasteiger partial charge in [0.05, 0.1) is 25.2 Å². The van der Waals surface area contributed by atoms with Gasteiger partial charge < -0.3 is 45.9 Å². The van der Waals surface area contributed by atoms with Gasteiger partial charge in [0.25, 0.3) is 23.6 Å². The zero-order chi connectivity index (χ0) is 45.7. The summed E-state index contributed by atoms with van der Waals surface area (Å²) in [5.41, 5.74) is 5.88. The number of hydrazine groups is 3. The zero-order valence-corrected chi connectivity index (χ0v) is 35.9. The lowest BCUT2D eigenvalue weighted by atomic mass is 9.80. The standard InChI is InChI=1S/C39H63N9O14/c1-6-26-22(18-28(51)52)13-14-39(60,62-26)38(5,59)37(58)45-30-31(20(2)3)61-36(57)29(21(4)49)44-33(54)24-11-8-16-42-47(24)34(55)25-12-9-15-41-46(25)27(50)19-40-32(53)23-10-7-17-43-48(23)35(30)56/h20-26,29-31,41-43,49,59-60H,6-19H2,1-5H3,(H,40,53)(H,44,54)(H,45,58)(H,51,52). The number of aliphatic hydroxyl groups excluding tert-OH is 1. The van der Waals surface area contributed by atoms with E-state index in [4.69, 9.17) is 9.47 Å². The lowest BCUT2D eigenvalue weighted by molar-refractivity contribution is -0.328. The second-order valence-corrected chi connectivity index (χ2v) is 17.2. The quantitative estimate of drug-likeness (QED) is 0.107. The Hall–Kier alpha value is -4.52. The average molecular weight is 882 g/mol. The monoisotopic (exact) mass is 881 g/mol. The molecule has 0 bridgehead atoms. The van der Waals surface area contributed by atoms with Crippen LogP contribution < -0.4 is 32.2 Å². The van der Waals surface area contributed by atoms with Crippen molar-refractivity contribution in [2.45, 2.75) is 159 Å². The number of amides is 6. The van der Waals surface area contributed by atoms with Gasteiger partial charge in [0.15, 0.2) is 11.6 Å². The summed E-state index contributed by atoms with van der Waals surface area (Å²) in [7, 11) is 0. The van der Waals surface area contributed by atoms with Gasteiger partial charge in [-0.3, -0.25) is 48.6 Å². The summed E-state index contributed by atoms with van der Waals surface area (Å²) in [6, 6.07) is -7.29. The van der Waals surface area contributed by atoms with Crippen LogP contribution in [0.25, 0.3) is 0 Å². The highest BCUT2D eigenvalue weighted by atomic mass is 16.6. The Labute approximate surface area is 359 Å². The highest BCUT2D eigenvalue weighted by molar-refractivity contribution is 5.97. The van der Waals surface area contributed by atoms with Crippen LogP contribution >= 0.6 is 0 Å². The molecule has 5 rings (SSSR count). The Kier molecular flexibility index (Phi) is 15.9. The van der Waals surface area contributed by atoms with Crippen LogP contribution in [0.5, 0.6) is 0 Å². The lowest BCUT2D eigenvalue weighted by Crippen LogP contribution is -2.70. The summed E-state index contributed by atoms with van der Waals surface area (Å²) in [6.45, 7) is 7.16. The van der Waals surface area contributed by atoms with Crippen molar-refractivity contribution in [3.63, 3.8) is 0 Å². The van der Waals surface area contributed by atoms with Crippen LogP contribution in [0.3, 0.4) is 0 Å². The van der Waals surface area contributed by atoms with E-state index in [1.165, 1.54) is 6.92 Å². The summed E-state index contributed by atoms with van der Waals surface area (Å²) < 4.78 is 11.8. The Morgan fingerprint density at radius 3 is 2.00 bits per heavy atom. The van der Waals surface area contributed by atoms with E-state index in [9.17, 15) is 58.8 Å². The van der Waals surface area contributed by atoms with Crippen LogP contribution in [0.2, 0.25) is 0 Å². The van der Waals surface area contributed by atoms with E-state index >= 15 is 0 Å². The van der Waals surface area contributed by atoms with E-state index in [0.717, 1.165) is 22.0 Å². The average Bonchev–Trinajstić information content (AvgIpc) is 3.24. The van der Waals surface area contributed by atoms with Gasteiger partial charge >= 0.3 is 11.9 Å². The number of hydrogen-bond acceptors (Lipinski definition) is 16. The second-order valence-electron chi connectivity index (χ2n) is 17.2. The molecular formula is C39H63N9O14. The second kappa shape index (κ2) is 20.3. The molecular weight excluding hydrogens is 818 g/mol.